The summed E-state index contributed by atoms with van der Waals surface area (Å²) in [6.07, 6.45) is 15.0. The molecule has 0 spiro atoms. The first-order chi connectivity index (χ1) is 14.3. The Balaban J connectivity index is 1.07. The molecule has 6 atom stereocenters. The summed E-state index contributed by atoms with van der Waals surface area (Å²) in [5.41, 5.74) is 0.265. The van der Waals surface area contributed by atoms with Crippen molar-refractivity contribution in [1.82, 2.24) is 0 Å². The summed E-state index contributed by atoms with van der Waals surface area (Å²) >= 11 is 0. The van der Waals surface area contributed by atoms with Crippen LogP contribution < -0.4 is 0 Å². The molecule has 8 aliphatic rings. The molecule has 4 heteroatoms. The molecule has 8 rings (SSSR count). The van der Waals surface area contributed by atoms with E-state index in [1.807, 2.05) is 0 Å². The van der Waals surface area contributed by atoms with E-state index in [1.54, 1.807) is 0 Å². The third-order valence-electron chi connectivity index (χ3n) is 9.97. The Bertz CT molecular complexity index is 692. The van der Waals surface area contributed by atoms with Crippen LogP contribution in [0.25, 0.3) is 0 Å². The molecule has 0 amide bonds. The maximum atomic E-state index is 12.6. The van der Waals surface area contributed by atoms with E-state index in [0.717, 1.165) is 23.7 Å². The molecule has 0 N–H and O–H groups in total. The molecule has 8 aliphatic carbocycles. The molecular formula is C26H36O4. The summed E-state index contributed by atoms with van der Waals surface area (Å²) in [5, 5.41) is 0. The van der Waals surface area contributed by atoms with Gasteiger partial charge in [-0.3, -0.25) is 0 Å². The summed E-state index contributed by atoms with van der Waals surface area (Å²) in [7, 11) is 0. The maximum Gasteiger partial charge on any atom is 0.331 e. The van der Waals surface area contributed by atoms with Gasteiger partial charge in [0.25, 0.3) is 0 Å². The van der Waals surface area contributed by atoms with E-state index in [9.17, 15) is 9.59 Å². The smallest absolute Gasteiger partial charge is 0.331 e. The van der Waals surface area contributed by atoms with Gasteiger partial charge in [0, 0.05) is 23.0 Å². The van der Waals surface area contributed by atoms with Crippen LogP contribution >= 0.6 is 0 Å². The van der Waals surface area contributed by atoms with Crippen molar-refractivity contribution in [3.05, 3.63) is 12.2 Å². The topological polar surface area (TPSA) is 52.6 Å². The van der Waals surface area contributed by atoms with Crippen LogP contribution in [0.1, 0.15) is 78.1 Å². The van der Waals surface area contributed by atoms with Gasteiger partial charge in [-0.25, -0.2) is 9.59 Å². The second-order valence-electron chi connectivity index (χ2n) is 12.6. The highest BCUT2D eigenvalue weighted by Crippen LogP contribution is 2.61. The lowest BCUT2D eigenvalue weighted by molar-refractivity contribution is -0.187. The molecule has 30 heavy (non-hydrogen) atoms. The van der Waals surface area contributed by atoms with E-state index >= 15 is 0 Å². The second-order valence-corrected chi connectivity index (χ2v) is 12.6. The second kappa shape index (κ2) is 6.59. The average Bonchev–Trinajstić information content (AvgIpc) is 2.64. The molecule has 0 heterocycles. The third kappa shape index (κ3) is 3.07. The minimum Gasteiger partial charge on any atom is -0.458 e. The van der Waals surface area contributed by atoms with Crippen molar-refractivity contribution in [3.63, 3.8) is 0 Å². The summed E-state index contributed by atoms with van der Waals surface area (Å²) in [4.78, 5) is 25.1. The van der Waals surface area contributed by atoms with Crippen molar-refractivity contribution in [1.29, 1.82) is 0 Å². The molecule has 0 aromatic rings. The number of hydrogen-bond donors (Lipinski definition) is 0. The zero-order valence-electron chi connectivity index (χ0n) is 18.5. The Hall–Kier alpha value is -1.32. The average molecular weight is 413 g/mol. The fourth-order valence-electron chi connectivity index (χ4n) is 9.74. The molecule has 0 radical (unpaired) electrons. The molecule has 8 bridgehead atoms. The van der Waals surface area contributed by atoms with Crippen molar-refractivity contribution >= 4 is 11.9 Å². The molecule has 0 aromatic heterocycles. The monoisotopic (exact) mass is 412 g/mol. The van der Waals surface area contributed by atoms with Gasteiger partial charge >= 0.3 is 11.9 Å². The van der Waals surface area contributed by atoms with Gasteiger partial charge < -0.3 is 9.47 Å². The Kier molecular flexibility index (Phi) is 4.26. The molecule has 8 saturated carbocycles. The standard InChI is InChI=1S/C26H36O4/c1-25-11-15-5-16(12-25)8-19(7-15)23(25)29-21(27)3-4-22(28)30-24-20-9-17-6-18(10-20)14-26(24,2)13-17/h3-4,15-20,23-24H,5-14H2,1-2H3/b4-3-. The minimum atomic E-state index is -0.373. The van der Waals surface area contributed by atoms with Gasteiger partial charge in [0.15, 0.2) is 0 Å². The number of carbonyl (C=O) groups is 2. The Morgan fingerprint density at radius 2 is 0.967 bits per heavy atom. The number of esters is 2. The first-order valence-electron chi connectivity index (χ1n) is 12.4. The summed E-state index contributed by atoms with van der Waals surface area (Å²) < 4.78 is 11.9. The van der Waals surface area contributed by atoms with Crippen molar-refractivity contribution in [2.45, 2.75) is 90.3 Å². The van der Waals surface area contributed by atoms with Gasteiger partial charge in [-0.2, -0.15) is 0 Å². The van der Waals surface area contributed by atoms with E-state index in [2.05, 4.69) is 13.8 Å². The van der Waals surface area contributed by atoms with Gasteiger partial charge in [-0.15, -0.1) is 0 Å². The predicted octanol–water partition coefficient (Wildman–Crippen LogP) is 5.06. The summed E-state index contributed by atoms with van der Waals surface area (Å²) in [5.74, 6) is 3.59. The predicted molar refractivity (Wildman–Crippen MR) is 112 cm³/mol. The minimum absolute atomic E-state index is 0.0156. The third-order valence-corrected chi connectivity index (χ3v) is 9.97. The van der Waals surface area contributed by atoms with E-state index in [1.165, 1.54) is 76.4 Å². The Morgan fingerprint density at radius 1 is 0.633 bits per heavy atom. The van der Waals surface area contributed by atoms with Gasteiger partial charge in [-0.05, 0) is 99.7 Å². The van der Waals surface area contributed by atoms with Gasteiger partial charge in [0.05, 0.1) is 0 Å². The number of ether oxygens (including phenoxy) is 2. The Labute approximate surface area is 180 Å². The van der Waals surface area contributed by atoms with Crippen molar-refractivity contribution in [3.8, 4) is 0 Å². The Morgan fingerprint density at radius 3 is 1.27 bits per heavy atom. The molecule has 8 fully saturated rings. The molecule has 4 nitrogen and oxygen atoms in total. The lowest BCUT2D eigenvalue weighted by Gasteiger charge is -2.59. The first-order valence-corrected chi connectivity index (χ1v) is 12.4. The number of hydrogen-bond acceptors (Lipinski definition) is 4. The lowest BCUT2D eigenvalue weighted by atomic mass is 9.49. The van der Waals surface area contributed by atoms with Gasteiger partial charge in [0.2, 0.25) is 0 Å². The highest BCUT2D eigenvalue weighted by molar-refractivity contribution is 5.91. The van der Waals surface area contributed by atoms with Crippen LogP contribution in [0.4, 0.5) is 0 Å². The molecular weight excluding hydrogens is 376 g/mol. The maximum absolute atomic E-state index is 12.6. The zero-order valence-corrected chi connectivity index (χ0v) is 18.5. The molecule has 0 aliphatic heterocycles. The van der Waals surface area contributed by atoms with Crippen LogP contribution in [-0.4, -0.2) is 24.1 Å². The lowest BCUT2D eigenvalue weighted by Crippen LogP contribution is -2.56. The molecule has 0 saturated heterocycles. The van der Waals surface area contributed by atoms with E-state index in [-0.39, 0.29) is 35.0 Å². The fraction of sp³-hybridized carbons (Fsp3) is 0.846. The van der Waals surface area contributed by atoms with Crippen LogP contribution in [0, 0.1) is 46.3 Å². The molecule has 6 unspecified atom stereocenters. The van der Waals surface area contributed by atoms with Crippen LogP contribution in [0.2, 0.25) is 0 Å². The highest BCUT2D eigenvalue weighted by Gasteiger charge is 2.57. The van der Waals surface area contributed by atoms with Crippen LogP contribution in [0.15, 0.2) is 12.2 Å². The van der Waals surface area contributed by atoms with E-state index < -0.39 is 0 Å². The summed E-state index contributed by atoms with van der Waals surface area (Å²) in [6.45, 7) is 4.61. The number of rotatable bonds is 4. The number of carbonyl (C=O) groups excluding carboxylic acids is 2. The SMILES string of the molecule is CC12CC3CC(CC(C3)C1OC(=O)/C=C\C(=O)OC1C3CC4CC(C3)CC1(C)C4)C2. The quantitative estimate of drug-likeness (QED) is 0.478. The van der Waals surface area contributed by atoms with Crippen LogP contribution in [0.3, 0.4) is 0 Å². The molecule has 164 valence electrons. The van der Waals surface area contributed by atoms with E-state index in [4.69, 9.17) is 9.47 Å². The largest absolute Gasteiger partial charge is 0.458 e. The highest BCUT2D eigenvalue weighted by atomic mass is 16.6. The van der Waals surface area contributed by atoms with E-state index in [0.29, 0.717) is 11.8 Å². The van der Waals surface area contributed by atoms with Gasteiger partial charge in [-0.1, -0.05) is 13.8 Å². The first kappa shape index (κ1) is 19.4. The van der Waals surface area contributed by atoms with Crippen LogP contribution in [0.5, 0.6) is 0 Å². The molecule has 0 aromatic carbocycles. The van der Waals surface area contributed by atoms with Crippen molar-refractivity contribution < 1.29 is 19.1 Å². The normalized spacial score (nSPS) is 52.7. The zero-order chi connectivity index (χ0) is 20.7. The van der Waals surface area contributed by atoms with Gasteiger partial charge in [0.1, 0.15) is 12.2 Å². The van der Waals surface area contributed by atoms with Crippen molar-refractivity contribution in [2.24, 2.45) is 46.3 Å². The fourth-order valence-corrected chi connectivity index (χ4v) is 9.74. The summed E-state index contributed by atoms with van der Waals surface area (Å²) in [6, 6.07) is 0. The van der Waals surface area contributed by atoms with Crippen molar-refractivity contribution in [2.75, 3.05) is 0 Å². The van der Waals surface area contributed by atoms with Crippen LogP contribution in [-0.2, 0) is 19.1 Å².